The lowest BCUT2D eigenvalue weighted by atomic mass is 10.1. The molecular weight excluding hydrogens is 451 g/mol. The summed E-state index contributed by atoms with van der Waals surface area (Å²) >= 11 is 0. The summed E-state index contributed by atoms with van der Waals surface area (Å²) < 4.78 is 24.0. The molecule has 176 valence electrons. The number of ether oxygens (including phenoxy) is 2. The summed E-state index contributed by atoms with van der Waals surface area (Å²) in [5.74, 6) is 1.77. The van der Waals surface area contributed by atoms with Crippen LogP contribution in [0.4, 0.5) is 10.2 Å². The van der Waals surface area contributed by atoms with Gasteiger partial charge >= 0.3 is 0 Å². The summed E-state index contributed by atoms with van der Waals surface area (Å²) in [5, 5.41) is 15.8. The molecule has 0 atom stereocenters. The van der Waals surface area contributed by atoms with Gasteiger partial charge in [-0.25, -0.2) is 4.39 Å². The van der Waals surface area contributed by atoms with Crippen molar-refractivity contribution >= 4 is 11.7 Å². The van der Waals surface area contributed by atoms with Crippen LogP contribution >= 0.6 is 0 Å². The second-order valence-electron chi connectivity index (χ2n) is 8.30. The van der Waals surface area contributed by atoms with Crippen LogP contribution in [0.1, 0.15) is 10.5 Å². The molecule has 0 radical (unpaired) electrons. The second-order valence-corrected chi connectivity index (χ2v) is 8.30. The van der Waals surface area contributed by atoms with Gasteiger partial charge in [-0.2, -0.15) is 5.10 Å². The molecule has 35 heavy (non-hydrogen) atoms. The number of hydrogen-bond acceptors (Lipinski definition) is 7. The maximum atomic E-state index is 13.2. The SMILES string of the molecule is O=C(c1cc(-c2ccc(F)cc2)n[nH]1)N1CCN(c2ccc(-c3ccc4c(c3)OCO4)nn2)CC1. The Morgan fingerprint density at radius 2 is 1.60 bits per heavy atom. The summed E-state index contributed by atoms with van der Waals surface area (Å²) in [5.41, 5.74) is 3.41. The number of rotatable bonds is 4. The van der Waals surface area contributed by atoms with Gasteiger partial charge in [-0.05, 0) is 60.7 Å². The molecule has 4 heterocycles. The Kier molecular flexibility index (Phi) is 5.25. The molecule has 0 aliphatic carbocycles. The van der Waals surface area contributed by atoms with E-state index in [-0.39, 0.29) is 18.5 Å². The summed E-state index contributed by atoms with van der Waals surface area (Å²) in [7, 11) is 0. The molecule has 6 rings (SSSR count). The number of aromatic amines is 1. The second kappa shape index (κ2) is 8.71. The van der Waals surface area contributed by atoms with Crippen molar-refractivity contribution in [3.63, 3.8) is 0 Å². The number of nitrogens with zero attached hydrogens (tertiary/aromatic N) is 5. The number of carbonyl (C=O) groups excluding carboxylic acids is 1. The van der Waals surface area contributed by atoms with Gasteiger partial charge in [0.25, 0.3) is 5.91 Å². The summed E-state index contributed by atoms with van der Waals surface area (Å²) in [4.78, 5) is 16.8. The van der Waals surface area contributed by atoms with E-state index in [1.807, 2.05) is 30.3 Å². The molecule has 10 heteroatoms. The lowest BCUT2D eigenvalue weighted by Crippen LogP contribution is -2.49. The van der Waals surface area contributed by atoms with Gasteiger partial charge in [0.2, 0.25) is 6.79 Å². The fraction of sp³-hybridized carbons (Fsp3) is 0.200. The standard InChI is InChI=1S/C25H21FN6O3/c26-18-4-1-16(2-5-18)20-14-21(29-28-20)25(33)32-11-9-31(10-12-32)24-8-6-19(27-30-24)17-3-7-22-23(13-17)35-15-34-22/h1-8,13-14H,9-12,15H2,(H,28,29). The van der Waals surface area contributed by atoms with Crippen LogP contribution in [0.5, 0.6) is 11.5 Å². The monoisotopic (exact) mass is 472 g/mol. The average Bonchev–Trinajstić information content (AvgIpc) is 3.59. The first-order valence-electron chi connectivity index (χ1n) is 11.2. The normalized spacial score (nSPS) is 14.9. The highest BCUT2D eigenvalue weighted by atomic mass is 19.1. The Balaban J connectivity index is 1.08. The van der Waals surface area contributed by atoms with Crippen LogP contribution in [-0.2, 0) is 0 Å². The Morgan fingerprint density at radius 3 is 2.37 bits per heavy atom. The zero-order chi connectivity index (χ0) is 23.8. The molecule has 1 saturated heterocycles. The molecule has 2 aromatic heterocycles. The van der Waals surface area contributed by atoms with Gasteiger partial charge in [0, 0.05) is 37.3 Å². The fourth-order valence-electron chi connectivity index (χ4n) is 4.21. The Bertz CT molecular complexity index is 1360. The predicted octanol–water partition coefficient (Wildman–Crippen LogP) is 3.36. The molecule has 4 aromatic rings. The number of hydrogen-bond donors (Lipinski definition) is 1. The number of amides is 1. The van der Waals surface area contributed by atoms with Crippen LogP contribution in [0.2, 0.25) is 0 Å². The van der Waals surface area contributed by atoms with Gasteiger partial charge in [-0.1, -0.05) is 0 Å². The molecule has 0 bridgehead atoms. The molecular formula is C25H21FN6O3. The van der Waals surface area contributed by atoms with Gasteiger partial charge < -0.3 is 19.3 Å². The van der Waals surface area contributed by atoms with Crippen LogP contribution in [0, 0.1) is 5.82 Å². The first-order valence-corrected chi connectivity index (χ1v) is 11.2. The third-order valence-corrected chi connectivity index (χ3v) is 6.16. The van der Waals surface area contributed by atoms with Crippen molar-refractivity contribution in [3.8, 4) is 34.0 Å². The van der Waals surface area contributed by atoms with E-state index in [2.05, 4.69) is 25.3 Å². The Labute approximate surface area is 200 Å². The van der Waals surface area contributed by atoms with Crippen LogP contribution in [0.25, 0.3) is 22.5 Å². The topological polar surface area (TPSA) is 96.5 Å². The third-order valence-electron chi connectivity index (χ3n) is 6.16. The highest BCUT2D eigenvalue weighted by Gasteiger charge is 2.25. The van der Waals surface area contributed by atoms with Crippen molar-refractivity contribution in [3.05, 3.63) is 72.2 Å². The lowest BCUT2D eigenvalue weighted by molar-refractivity contribution is 0.0740. The zero-order valence-corrected chi connectivity index (χ0v) is 18.6. The molecule has 0 spiro atoms. The van der Waals surface area contributed by atoms with E-state index in [4.69, 9.17) is 9.47 Å². The van der Waals surface area contributed by atoms with E-state index >= 15 is 0 Å². The van der Waals surface area contributed by atoms with E-state index in [9.17, 15) is 9.18 Å². The van der Waals surface area contributed by atoms with Gasteiger partial charge in [-0.15, -0.1) is 10.2 Å². The zero-order valence-electron chi connectivity index (χ0n) is 18.6. The maximum absolute atomic E-state index is 13.2. The first kappa shape index (κ1) is 21.1. The van der Waals surface area contributed by atoms with E-state index < -0.39 is 0 Å². The smallest absolute Gasteiger partial charge is 0.272 e. The minimum absolute atomic E-state index is 0.116. The number of fused-ring (bicyclic) bond motifs is 1. The van der Waals surface area contributed by atoms with Gasteiger partial charge in [-0.3, -0.25) is 9.89 Å². The maximum Gasteiger partial charge on any atom is 0.272 e. The summed E-state index contributed by atoms with van der Waals surface area (Å²) in [6, 6.07) is 17.3. The van der Waals surface area contributed by atoms with Crippen molar-refractivity contribution in [1.29, 1.82) is 0 Å². The summed E-state index contributed by atoms with van der Waals surface area (Å²) in [6.07, 6.45) is 0. The summed E-state index contributed by atoms with van der Waals surface area (Å²) in [6.45, 7) is 2.61. The van der Waals surface area contributed by atoms with E-state index in [0.717, 1.165) is 28.4 Å². The van der Waals surface area contributed by atoms with Gasteiger partial charge in [0.1, 0.15) is 11.5 Å². The molecule has 1 fully saturated rings. The number of carbonyl (C=O) groups is 1. The van der Waals surface area contributed by atoms with Crippen LogP contribution in [0.3, 0.4) is 0 Å². The van der Waals surface area contributed by atoms with Crippen molar-refractivity contribution in [2.24, 2.45) is 0 Å². The highest BCUT2D eigenvalue weighted by molar-refractivity contribution is 5.93. The van der Waals surface area contributed by atoms with Crippen molar-refractivity contribution in [2.75, 3.05) is 37.9 Å². The fourth-order valence-corrected chi connectivity index (χ4v) is 4.21. The molecule has 0 unspecified atom stereocenters. The molecule has 2 aliphatic rings. The third kappa shape index (κ3) is 4.14. The van der Waals surface area contributed by atoms with Gasteiger partial charge in [0.15, 0.2) is 17.3 Å². The minimum Gasteiger partial charge on any atom is -0.454 e. The van der Waals surface area contributed by atoms with E-state index in [1.165, 1.54) is 12.1 Å². The van der Waals surface area contributed by atoms with E-state index in [1.54, 1.807) is 23.1 Å². The quantitative estimate of drug-likeness (QED) is 0.487. The number of nitrogens with one attached hydrogen (secondary N) is 1. The van der Waals surface area contributed by atoms with Crippen molar-refractivity contribution < 1.29 is 18.7 Å². The minimum atomic E-state index is -0.314. The lowest BCUT2D eigenvalue weighted by Gasteiger charge is -2.34. The van der Waals surface area contributed by atoms with Crippen molar-refractivity contribution in [2.45, 2.75) is 0 Å². The van der Waals surface area contributed by atoms with E-state index in [0.29, 0.717) is 43.3 Å². The largest absolute Gasteiger partial charge is 0.454 e. The van der Waals surface area contributed by atoms with Gasteiger partial charge in [0.05, 0.1) is 11.4 Å². The molecule has 2 aromatic carbocycles. The number of piperazine rings is 1. The molecule has 0 saturated carbocycles. The number of benzene rings is 2. The number of H-pyrrole nitrogens is 1. The Hall–Kier alpha value is -4.47. The number of anilines is 1. The number of halogens is 1. The highest BCUT2D eigenvalue weighted by Crippen LogP contribution is 2.35. The van der Waals surface area contributed by atoms with Crippen LogP contribution < -0.4 is 14.4 Å². The molecule has 1 N–H and O–H groups in total. The molecule has 2 aliphatic heterocycles. The molecule has 9 nitrogen and oxygen atoms in total. The first-order chi connectivity index (χ1) is 17.1. The Morgan fingerprint density at radius 1 is 0.829 bits per heavy atom. The predicted molar refractivity (Wildman–Crippen MR) is 126 cm³/mol. The number of aromatic nitrogens is 4. The van der Waals surface area contributed by atoms with Crippen molar-refractivity contribution in [1.82, 2.24) is 25.3 Å². The van der Waals surface area contributed by atoms with Crippen LogP contribution in [-0.4, -0.2) is 64.2 Å². The average molecular weight is 472 g/mol. The van der Waals surface area contributed by atoms with Crippen LogP contribution in [0.15, 0.2) is 60.7 Å². The molecule has 1 amide bonds.